The predicted octanol–water partition coefficient (Wildman–Crippen LogP) is 3.43. The molecule has 0 saturated carbocycles. The van der Waals surface area contributed by atoms with Crippen LogP contribution in [0.25, 0.3) is 0 Å². The van der Waals surface area contributed by atoms with Crippen LogP contribution in [0.2, 0.25) is 0 Å². The molecule has 15 heavy (non-hydrogen) atoms. The van der Waals surface area contributed by atoms with Gasteiger partial charge in [-0.05, 0) is 44.1 Å². The van der Waals surface area contributed by atoms with Gasteiger partial charge in [0.25, 0.3) is 0 Å². The van der Waals surface area contributed by atoms with E-state index in [-0.39, 0.29) is 0 Å². The maximum absolute atomic E-state index is 5.64. The third-order valence-corrected chi connectivity index (χ3v) is 3.76. The van der Waals surface area contributed by atoms with Crippen molar-refractivity contribution < 1.29 is 4.74 Å². The lowest BCUT2D eigenvalue weighted by Gasteiger charge is -2.18. The van der Waals surface area contributed by atoms with Gasteiger partial charge in [-0.15, -0.1) is 11.3 Å². The maximum Gasteiger partial charge on any atom is 0.0595 e. The normalized spacial score (nSPS) is 22.9. The van der Waals surface area contributed by atoms with Gasteiger partial charge in [0.1, 0.15) is 0 Å². The van der Waals surface area contributed by atoms with Gasteiger partial charge >= 0.3 is 0 Å². The lowest BCUT2D eigenvalue weighted by Crippen LogP contribution is -2.22. The molecule has 0 amide bonds. The highest BCUT2D eigenvalue weighted by Crippen LogP contribution is 2.23. The van der Waals surface area contributed by atoms with E-state index >= 15 is 0 Å². The molecule has 1 aliphatic heterocycles. The van der Waals surface area contributed by atoms with Crippen LogP contribution in [0.1, 0.15) is 31.7 Å². The highest BCUT2D eigenvalue weighted by molar-refractivity contribution is 7.08. The van der Waals surface area contributed by atoms with Gasteiger partial charge in [0, 0.05) is 23.7 Å². The van der Waals surface area contributed by atoms with E-state index in [2.05, 4.69) is 29.9 Å². The molecule has 2 rings (SSSR count). The SMILES string of the molecule is Cc1cscc1NC(C)CC1CCCO1. The van der Waals surface area contributed by atoms with E-state index < -0.39 is 0 Å². The second-order valence-corrected chi connectivity index (χ2v) is 5.13. The molecule has 1 aliphatic rings. The maximum atomic E-state index is 5.64. The van der Waals surface area contributed by atoms with Crippen LogP contribution < -0.4 is 5.32 Å². The lowest BCUT2D eigenvalue weighted by molar-refractivity contribution is 0.101. The summed E-state index contributed by atoms with van der Waals surface area (Å²) in [6.45, 7) is 5.34. The monoisotopic (exact) mass is 225 g/mol. The first-order chi connectivity index (χ1) is 7.25. The lowest BCUT2D eigenvalue weighted by atomic mass is 10.1. The molecule has 0 radical (unpaired) electrons. The van der Waals surface area contributed by atoms with Crippen molar-refractivity contribution in [2.24, 2.45) is 0 Å². The van der Waals surface area contributed by atoms with Gasteiger partial charge in [-0.1, -0.05) is 0 Å². The largest absolute Gasteiger partial charge is 0.382 e. The van der Waals surface area contributed by atoms with Gasteiger partial charge in [-0.3, -0.25) is 0 Å². The zero-order chi connectivity index (χ0) is 10.7. The average molecular weight is 225 g/mol. The Labute approximate surface area is 95.6 Å². The molecule has 0 bridgehead atoms. The number of anilines is 1. The summed E-state index contributed by atoms with van der Waals surface area (Å²) in [6.07, 6.45) is 4.06. The number of ether oxygens (including phenoxy) is 1. The molecule has 1 aromatic rings. The molecular weight excluding hydrogens is 206 g/mol. The minimum absolute atomic E-state index is 0.478. The molecule has 3 heteroatoms. The van der Waals surface area contributed by atoms with Gasteiger partial charge in [0.2, 0.25) is 0 Å². The summed E-state index contributed by atoms with van der Waals surface area (Å²) in [6, 6.07) is 0.501. The molecule has 2 atom stereocenters. The number of hydrogen-bond acceptors (Lipinski definition) is 3. The quantitative estimate of drug-likeness (QED) is 0.847. The molecule has 1 N–H and O–H groups in total. The summed E-state index contributed by atoms with van der Waals surface area (Å²) in [5.41, 5.74) is 2.63. The highest BCUT2D eigenvalue weighted by atomic mass is 32.1. The van der Waals surface area contributed by atoms with Crippen LogP contribution in [-0.2, 0) is 4.74 Å². The van der Waals surface area contributed by atoms with Crippen molar-refractivity contribution in [3.05, 3.63) is 16.3 Å². The molecule has 0 aliphatic carbocycles. The Hall–Kier alpha value is -0.540. The zero-order valence-corrected chi connectivity index (χ0v) is 10.3. The average Bonchev–Trinajstić information content (AvgIpc) is 2.79. The summed E-state index contributed by atoms with van der Waals surface area (Å²) < 4.78 is 5.64. The smallest absolute Gasteiger partial charge is 0.0595 e. The first kappa shape index (κ1) is 11.0. The Morgan fingerprint density at radius 1 is 1.60 bits per heavy atom. The fourth-order valence-electron chi connectivity index (χ4n) is 2.06. The van der Waals surface area contributed by atoms with Crippen LogP contribution in [0, 0.1) is 6.92 Å². The Kier molecular flexibility index (Phi) is 3.65. The van der Waals surface area contributed by atoms with Crippen molar-refractivity contribution in [1.82, 2.24) is 0 Å². The molecule has 0 spiro atoms. The van der Waals surface area contributed by atoms with Crippen molar-refractivity contribution in [2.75, 3.05) is 11.9 Å². The zero-order valence-electron chi connectivity index (χ0n) is 9.45. The molecule has 1 fully saturated rings. The second kappa shape index (κ2) is 4.99. The van der Waals surface area contributed by atoms with Gasteiger partial charge in [-0.25, -0.2) is 0 Å². The highest BCUT2D eigenvalue weighted by Gasteiger charge is 2.18. The van der Waals surface area contributed by atoms with Gasteiger partial charge in [0.05, 0.1) is 6.10 Å². The minimum Gasteiger partial charge on any atom is -0.382 e. The van der Waals surface area contributed by atoms with E-state index in [1.165, 1.54) is 24.1 Å². The van der Waals surface area contributed by atoms with Crippen molar-refractivity contribution in [2.45, 2.75) is 45.3 Å². The summed E-state index contributed by atoms with van der Waals surface area (Å²) in [7, 11) is 0. The van der Waals surface area contributed by atoms with E-state index in [4.69, 9.17) is 4.74 Å². The molecule has 1 aromatic heterocycles. The number of hydrogen-bond donors (Lipinski definition) is 1. The van der Waals surface area contributed by atoms with Crippen LogP contribution >= 0.6 is 11.3 Å². The van der Waals surface area contributed by atoms with Crippen LogP contribution in [0.3, 0.4) is 0 Å². The molecule has 2 nitrogen and oxygen atoms in total. The van der Waals surface area contributed by atoms with Gasteiger partial charge in [-0.2, -0.15) is 0 Å². The number of aryl methyl sites for hydroxylation is 1. The topological polar surface area (TPSA) is 21.3 Å². The second-order valence-electron chi connectivity index (χ2n) is 4.38. The van der Waals surface area contributed by atoms with Crippen molar-refractivity contribution in [3.8, 4) is 0 Å². The Morgan fingerprint density at radius 3 is 3.07 bits per heavy atom. The Balaban J connectivity index is 1.81. The predicted molar refractivity (Wildman–Crippen MR) is 65.7 cm³/mol. The van der Waals surface area contributed by atoms with E-state index in [1.54, 1.807) is 11.3 Å². The summed E-state index contributed by atoms with van der Waals surface area (Å²) in [5, 5.41) is 7.91. The van der Waals surface area contributed by atoms with Crippen LogP contribution in [0.5, 0.6) is 0 Å². The summed E-state index contributed by atoms with van der Waals surface area (Å²) in [5.74, 6) is 0. The third-order valence-electron chi connectivity index (χ3n) is 2.90. The fourth-order valence-corrected chi connectivity index (χ4v) is 2.85. The van der Waals surface area contributed by atoms with Gasteiger partial charge in [0.15, 0.2) is 0 Å². The van der Waals surface area contributed by atoms with E-state index in [1.807, 2.05) is 0 Å². The molecule has 1 saturated heterocycles. The number of nitrogens with one attached hydrogen (secondary N) is 1. The first-order valence-corrected chi connectivity index (χ1v) is 6.61. The van der Waals surface area contributed by atoms with E-state index in [0.29, 0.717) is 12.1 Å². The molecular formula is C12H19NOS. The Morgan fingerprint density at radius 2 is 2.47 bits per heavy atom. The van der Waals surface area contributed by atoms with Gasteiger partial charge < -0.3 is 10.1 Å². The van der Waals surface area contributed by atoms with E-state index in [0.717, 1.165) is 13.0 Å². The van der Waals surface area contributed by atoms with Crippen LogP contribution in [0.15, 0.2) is 10.8 Å². The third kappa shape index (κ3) is 2.95. The first-order valence-electron chi connectivity index (χ1n) is 5.66. The van der Waals surface area contributed by atoms with Crippen LogP contribution in [-0.4, -0.2) is 18.8 Å². The number of rotatable bonds is 4. The van der Waals surface area contributed by atoms with Crippen LogP contribution in [0.4, 0.5) is 5.69 Å². The van der Waals surface area contributed by atoms with Crippen molar-refractivity contribution in [3.63, 3.8) is 0 Å². The molecule has 2 unspecified atom stereocenters. The Bertz CT molecular complexity index is 304. The molecule has 84 valence electrons. The minimum atomic E-state index is 0.478. The molecule has 0 aromatic carbocycles. The standard InChI is InChI=1S/C12H19NOS/c1-9-7-15-8-12(9)13-10(2)6-11-4-3-5-14-11/h7-8,10-11,13H,3-6H2,1-2H3. The number of thiophene rings is 1. The van der Waals surface area contributed by atoms with Crippen molar-refractivity contribution in [1.29, 1.82) is 0 Å². The molecule has 2 heterocycles. The summed E-state index contributed by atoms with van der Waals surface area (Å²) in [4.78, 5) is 0. The summed E-state index contributed by atoms with van der Waals surface area (Å²) >= 11 is 1.76. The van der Waals surface area contributed by atoms with Crippen molar-refractivity contribution >= 4 is 17.0 Å². The fraction of sp³-hybridized carbons (Fsp3) is 0.667. The van der Waals surface area contributed by atoms with E-state index in [9.17, 15) is 0 Å².